The number of nitrogens with zero attached hydrogens (tertiary/aromatic N) is 1. The van der Waals surface area contributed by atoms with Crippen molar-refractivity contribution in [1.82, 2.24) is 5.32 Å². The first kappa shape index (κ1) is 27.7. The lowest BCUT2D eigenvalue weighted by Crippen LogP contribution is -2.54. The lowest BCUT2D eigenvalue weighted by atomic mass is 9.62. The molecule has 0 spiro atoms. The van der Waals surface area contributed by atoms with Crippen LogP contribution in [0.15, 0.2) is 23.0 Å². The number of nitrogens with one attached hydrogen (secondary N) is 1. The Balaban J connectivity index is 2.30. The van der Waals surface area contributed by atoms with Crippen molar-refractivity contribution >= 4 is 34.8 Å². The maximum Gasteiger partial charge on any atom is 0.255 e. The Labute approximate surface area is 212 Å². The molecule has 1 saturated carbocycles. The van der Waals surface area contributed by atoms with Crippen LogP contribution in [-0.4, -0.2) is 81.8 Å². The first-order chi connectivity index (χ1) is 17.2. The van der Waals surface area contributed by atoms with Crippen molar-refractivity contribution in [3.05, 3.63) is 39.7 Å². The molecule has 0 unspecified atom stereocenters. The fourth-order valence-electron chi connectivity index (χ4n) is 5.18. The van der Waals surface area contributed by atoms with Gasteiger partial charge in [0, 0.05) is 37.8 Å². The Morgan fingerprint density at radius 2 is 1.86 bits per heavy atom. The number of carbonyl (C=O) groups excluding carboxylic acids is 4. The van der Waals surface area contributed by atoms with Crippen LogP contribution in [0.5, 0.6) is 5.75 Å². The molecule has 0 aromatic heterocycles. The van der Waals surface area contributed by atoms with Gasteiger partial charge in [-0.25, -0.2) is 0 Å². The first-order valence-electron chi connectivity index (χ1n) is 11.6. The maximum absolute atomic E-state index is 13.7. The summed E-state index contributed by atoms with van der Waals surface area (Å²) in [5, 5.41) is 55.9. The molecule has 0 aliphatic heterocycles. The van der Waals surface area contributed by atoms with Gasteiger partial charge in [0.25, 0.3) is 11.8 Å². The fraction of sp³-hybridized carbons (Fsp3) is 0.440. The Morgan fingerprint density at radius 1 is 1.24 bits per heavy atom. The SMILES string of the molecule is CC(=O)C(C(N)=O)=C(O)[C@@]1(O)C(=O)C2=C(O)c3c(O)c(C(=O)NCCO)cc(N(C)C)c3C[C@H]2C[C@H]1C. The van der Waals surface area contributed by atoms with E-state index in [1.54, 1.807) is 19.0 Å². The molecule has 3 atom stereocenters. The molecule has 2 aliphatic rings. The number of nitrogens with two attached hydrogens (primary N) is 1. The number of benzene rings is 1. The molecule has 0 radical (unpaired) electrons. The number of phenolic OH excluding ortho intramolecular Hbond substituents is 1. The van der Waals surface area contributed by atoms with Gasteiger partial charge in [0.05, 0.1) is 17.7 Å². The molecule has 1 aromatic carbocycles. The average Bonchev–Trinajstić information content (AvgIpc) is 2.80. The van der Waals surface area contributed by atoms with E-state index >= 15 is 0 Å². The van der Waals surface area contributed by atoms with Crippen LogP contribution in [-0.2, 0) is 20.8 Å². The van der Waals surface area contributed by atoms with Gasteiger partial charge in [-0.2, -0.15) is 0 Å². The summed E-state index contributed by atoms with van der Waals surface area (Å²) in [6.07, 6.45) is 0.196. The van der Waals surface area contributed by atoms with Crippen molar-refractivity contribution in [3.63, 3.8) is 0 Å². The molecule has 37 heavy (non-hydrogen) atoms. The Kier molecular flexibility index (Phi) is 7.38. The van der Waals surface area contributed by atoms with Gasteiger partial charge in [-0.1, -0.05) is 6.92 Å². The third-order valence-corrected chi connectivity index (χ3v) is 7.00. The van der Waals surface area contributed by atoms with Gasteiger partial charge in [0.15, 0.2) is 11.4 Å². The topological polar surface area (TPSA) is 211 Å². The molecule has 12 nitrogen and oxygen atoms in total. The highest BCUT2D eigenvalue weighted by atomic mass is 16.3. The number of primary amides is 1. The van der Waals surface area contributed by atoms with Crippen LogP contribution in [0.25, 0.3) is 5.76 Å². The number of hydrogen-bond acceptors (Lipinski definition) is 10. The summed E-state index contributed by atoms with van der Waals surface area (Å²) in [7, 11) is 3.39. The van der Waals surface area contributed by atoms with Crippen LogP contribution < -0.4 is 16.0 Å². The molecule has 200 valence electrons. The van der Waals surface area contributed by atoms with Crippen LogP contribution in [0.3, 0.4) is 0 Å². The monoisotopic (exact) mass is 517 g/mol. The fourth-order valence-corrected chi connectivity index (χ4v) is 5.18. The van der Waals surface area contributed by atoms with Crippen molar-refractivity contribution in [2.75, 3.05) is 32.1 Å². The standard InChI is InChI=1S/C25H31N3O9/c1-10-7-12-8-13-15(28(3)4)9-14(24(36)27-5-6-29)19(31)18(13)20(32)17(12)22(34)25(10,37)21(33)16(11(2)30)23(26)35/h9-10,12,29,31-33,37H,5-8H2,1-4H3,(H2,26,35)(H,27,36)/t10-,12-,25-/m1/s1. The van der Waals surface area contributed by atoms with E-state index in [4.69, 9.17) is 10.8 Å². The van der Waals surface area contributed by atoms with Crippen LogP contribution >= 0.6 is 0 Å². The molecule has 0 saturated heterocycles. The summed E-state index contributed by atoms with van der Waals surface area (Å²) in [4.78, 5) is 51.8. The molecule has 0 bridgehead atoms. The van der Waals surface area contributed by atoms with E-state index in [1.807, 2.05) is 0 Å². The zero-order chi connectivity index (χ0) is 28.0. The lowest BCUT2D eigenvalue weighted by Gasteiger charge is -2.43. The average molecular weight is 518 g/mol. The van der Waals surface area contributed by atoms with E-state index in [0.29, 0.717) is 11.3 Å². The van der Waals surface area contributed by atoms with E-state index in [9.17, 15) is 39.6 Å². The Hall–Kier alpha value is -3.90. The highest BCUT2D eigenvalue weighted by Crippen LogP contribution is 2.51. The van der Waals surface area contributed by atoms with E-state index in [2.05, 4.69) is 5.32 Å². The molecule has 0 heterocycles. The van der Waals surface area contributed by atoms with E-state index in [-0.39, 0.29) is 42.7 Å². The summed E-state index contributed by atoms with van der Waals surface area (Å²) in [5.41, 5.74) is 1.75. The van der Waals surface area contributed by atoms with Gasteiger partial charge >= 0.3 is 0 Å². The quantitative estimate of drug-likeness (QED) is 0.110. The lowest BCUT2D eigenvalue weighted by molar-refractivity contribution is -0.142. The van der Waals surface area contributed by atoms with Crippen LogP contribution in [0.1, 0.15) is 41.8 Å². The number of aromatic hydroxyl groups is 1. The van der Waals surface area contributed by atoms with Crippen LogP contribution in [0.2, 0.25) is 0 Å². The number of ketones is 2. The Morgan fingerprint density at radius 3 is 2.38 bits per heavy atom. The highest BCUT2D eigenvalue weighted by Gasteiger charge is 2.56. The summed E-state index contributed by atoms with van der Waals surface area (Å²) < 4.78 is 0. The smallest absolute Gasteiger partial charge is 0.255 e. The maximum atomic E-state index is 13.7. The molecule has 2 aliphatic carbocycles. The molecule has 1 fully saturated rings. The number of aliphatic hydroxyl groups is 4. The van der Waals surface area contributed by atoms with Crippen molar-refractivity contribution < 1.29 is 44.7 Å². The van der Waals surface area contributed by atoms with Gasteiger partial charge in [-0.15, -0.1) is 0 Å². The largest absolute Gasteiger partial charge is 0.508 e. The first-order valence-corrected chi connectivity index (χ1v) is 11.6. The zero-order valence-electron chi connectivity index (χ0n) is 21.0. The number of anilines is 1. The second-order valence-electron chi connectivity index (χ2n) is 9.56. The van der Waals surface area contributed by atoms with E-state index in [0.717, 1.165) is 6.92 Å². The second kappa shape index (κ2) is 9.87. The number of Topliss-reactive ketones (excluding diaryl/α,β-unsaturated/α-hetero) is 2. The number of rotatable bonds is 7. The summed E-state index contributed by atoms with van der Waals surface area (Å²) in [6, 6.07) is 1.43. The van der Waals surface area contributed by atoms with Crippen molar-refractivity contribution in [2.45, 2.75) is 32.3 Å². The second-order valence-corrected chi connectivity index (χ2v) is 9.56. The number of amides is 2. The summed E-state index contributed by atoms with van der Waals surface area (Å²) in [5.74, 6) is -8.33. The molecular formula is C25H31N3O9. The molecule has 8 N–H and O–H groups in total. The number of hydrogen-bond donors (Lipinski definition) is 7. The molecule has 1 aromatic rings. The predicted molar refractivity (Wildman–Crippen MR) is 132 cm³/mol. The van der Waals surface area contributed by atoms with E-state index in [1.165, 1.54) is 13.0 Å². The summed E-state index contributed by atoms with van der Waals surface area (Å²) >= 11 is 0. The zero-order valence-corrected chi connectivity index (χ0v) is 21.0. The molecular weight excluding hydrogens is 486 g/mol. The number of carbonyl (C=O) groups is 4. The van der Waals surface area contributed by atoms with Gasteiger partial charge in [-0.05, 0) is 37.3 Å². The third kappa shape index (κ3) is 4.31. The van der Waals surface area contributed by atoms with Crippen molar-refractivity contribution in [2.24, 2.45) is 17.6 Å². The predicted octanol–water partition coefficient (Wildman–Crippen LogP) is -0.152. The molecule has 12 heteroatoms. The van der Waals surface area contributed by atoms with Crippen LogP contribution in [0.4, 0.5) is 5.69 Å². The number of phenols is 1. The molecule has 3 rings (SSSR count). The minimum absolute atomic E-state index is 0.0570. The minimum Gasteiger partial charge on any atom is -0.508 e. The summed E-state index contributed by atoms with van der Waals surface area (Å²) in [6.45, 7) is 1.97. The third-order valence-electron chi connectivity index (χ3n) is 7.00. The Bertz CT molecular complexity index is 1250. The minimum atomic E-state index is -2.75. The van der Waals surface area contributed by atoms with Crippen molar-refractivity contribution in [1.29, 1.82) is 0 Å². The van der Waals surface area contributed by atoms with Gasteiger partial charge in [0.1, 0.15) is 22.8 Å². The van der Waals surface area contributed by atoms with Gasteiger partial charge in [0.2, 0.25) is 5.78 Å². The number of fused-ring (bicyclic) bond motifs is 2. The van der Waals surface area contributed by atoms with Gasteiger partial charge < -0.3 is 41.5 Å². The van der Waals surface area contributed by atoms with Gasteiger partial charge in [-0.3, -0.25) is 19.2 Å². The number of aliphatic hydroxyl groups excluding tert-OH is 3. The van der Waals surface area contributed by atoms with Crippen molar-refractivity contribution in [3.8, 4) is 5.75 Å². The molecule has 2 amide bonds. The van der Waals surface area contributed by atoms with Crippen LogP contribution in [0, 0.1) is 11.8 Å². The van der Waals surface area contributed by atoms with E-state index < -0.39 is 63.7 Å². The normalized spacial score (nSPS) is 23.6. The highest BCUT2D eigenvalue weighted by molar-refractivity contribution is 6.20.